The molecule has 0 saturated carbocycles. The summed E-state index contributed by atoms with van der Waals surface area (Å²) in [6, 6.07) is 16.3. The van der Waals surface area contributed by atoms with Crippen LogP contribution in [0.1, 0.15) is 50.9 Å². The number of ketones is 1. The Balaban J connectivity index is 1.49. The normalized spacial score (nSPS) is 15.7. The fourth-order valence-electron chi connectivity index (χ4n) is 4.34. The molecule has 1 atom stereocenters. The van der Waals surface area contributed by atoms with Crippen molar-refractivity contribution in [3.05, 3.63) is 82.3 Å². The van der Waals surface area contributed by atoms with E-state index in [1.165, 1.54) is 5.56 Å². The first-order valence-corrected chi connectivity index (χ1v) is 10.5. The summed E-state index contributed by atoms with van der Waals surface area (Å²) in [6.45, 7) is 5.89. The fourth-order valence-corrected chi connectivity index (χ4v) is 4.34. The number of nitrogens with zero attached hydrogens (tertiary/aromatic N) is 4. The maximum absolute atomic E-state index is 12.9. The van der Waals surface area contributed by atoms with E-state index in [-0.39, 0.29) is 11.7 Å². The van der Waals surface area contributed by atoms with Crippen molar-refractivity contribution in [2.24, 2.45) is 0 Å². The van der Waals surface area contributed by atoms with Gasteiger partial charge in [0.15, 0.2) is 5.78 Å². The zero-order chi connectivity index (χ0) is 21.5. The average Bonchev–Trinajstić information content (AvgIpc) is 2.74. The Morgan fingerprint density at radius 2 is 1.58 bits per heavy atom. The summed E-state index contributed by atoms with van der Waals surface area (Å²) in [5, 5.41) is 4.19. The van der Waals surface area contributed by atoms with Gasteiger partial charge in [-0.3, -0.25) is 10.1 Å². The molecule has 4 aromatic rings. The van der Waals surface area contributed by atoms with Crippen molar-refractivity contribution in [1.29, 1.82) is 0 Å². The predicted molar refractivity (Wildman–Crippen MR) is 121 cm³/mol. The van der Waals surface area contributed by atoms with Crippen LogP contribution in [0, 0.1) is 20.8 Å². The van der Waals surface area contributed by atoms with Gasteiger partial charge >= 0.3 is 0 Å². The molecule has 1 N–H and O–H groups in total. The van der Waals surface area contributed by atoms with E-state index in [0.29, 0.717) is 36.0 Å². The predicted octanol–water partition coefficient (Wildman–Crippen LogP) is 5.00. The third kappa shape index (κ3) is 3.65. The molecule has 0 bridgehead atoms. The van der Waals surface area contributed by atoms with Crippen molar-refractivity contribution < 1.29 is 4.79 Å². The number of rotatable bonds is 3. The lowest BCUT2D eigenvalue weighted by atomic mass is 9.81. The molecule has 6 nitrogen and oxygen atoms in total. The van der Waals surface area contributed by atoms with Gasteiger partial charge in [0.2, 0.25) is 11.9 Å². The topological polar surface area (TPSA) is 80.7 Å². The molecule has 0 saturated heterocycles. The Bertz CT molecular complexity index is 1320. The van der Waals surface area contributed by atoms with Crippen molar-refractivity contribution in [2.45, 2.75) is 39.5 Å². The van der Waals surface area contributed by atoms with E-state index in [9.17, 15) is 4.79 Å². The van der Waals surface area contributed by atoms with E-state index in [1.54, 1.807) is 0 Å². The Morgan fingerprint density at radius 3 is 2.39 bits per heavy atom. The SMILES string of the molecule is Cc1ccc2nc(Nc3nc(C)c4c(n3)CC(c3ccccc3)CC4=O)nc(C)c2c1. The van der Waals surface area contributed by atoms with Crippen LogP contribution in [0.15, 0.2) is 48.5 Å². The number of carbonyl (C=O) groups excluding carboxylic acids is 1. The minimum atomic E-state index is 0.104. The second-order valence-electron chi connectivity index (χ2n) is 8.17. The van der Waals surface area contributed by atoms with Gasteiger partial charge in [-0.1, -0.05) is 42.0 Å². The second-order valence-corrected chi connectivity index (χ2v) is 8.17. The molecular weight excluding hydrogens is 386 g/mol. The number of Topliss-reactive ketones (excluding diaryl/α,β-unsaturated/α-hetero) is 1. The molecule has 0 radical (unpaired) electrons. The number of hydrogen-bond donors (Lipinski definition) is 1. The highest BCUT2D eigenvalue weighted by molar-refractivity contribution is 5.99. The third-order valence-corrected chi connectivity index (χ3v) is 5.85. The Hall–Kier alpha value is -3.67. The van der Waals surface area contributed by atoms with E-state index in [1.807, 2.05) is 44.2 Å². The number of carbonyl (C=O) groups is 1. The second kappa shape index (κ2) is 7.54. The van der Waals surface area contributed by atoms with E-state index in [0.717, 1.165) is 27.9 Å². The van der Waals surface area contributed by atoms with Gasteiger partial charge in [-0.25, -0.2) is 19.9 Å². The van der Waals surface area contributed by atoms with Gasteiger partial charge in [-0.15, -0.1) is 0 Å². The van der Waals surface area contributed by atoms with Crippen molar-refractivity contribution in [1.82, 2.24) is 19.9 Å². The number of anilines is 2. The summed E-state index contributed by atoms with van der Waals surface area (Å²) in [4.78, 5) is 31.3. The summed E-state index contributed by atoms with van der Waals surface area (Å²) in [5.74, 6) is 1.11. The molecule has 154 valence electrons. The number of hydrogen-bond acceptors (Lipinski definition) is 6. The van der Waals surface area contributed by atoms with E-state index >= 15 is 0 Å². The molecule has 0 fully saturated rings. The Morgan fingerprint density at radius 1 is 0.839 bits per heavy atom. The summed E-state index contributed by atoms with van der Waals surface area (Å²) in [6.07, 6.45) is 1.19. The summed E-state index contributed by atoms with van der Waals surface area (Å²) in [5.41, 5.74) is 6.23. The van der Waals surface area contributed by atoms with Crippen LogP contribution in [0.2, 0.25) is 0 Å². The minimum absolute atomic E-state index is 0.104. The smallest absolute Gasteiger partial charge is 0.230 e. The number of fused-ring (bicyclic) bond motifs is 2. The number of aromatic nitrogens is 4. The highest BCUT2D eigenvalue weighted by Crippen LogP contribution is 2.33. The lowest BCUT2D eigenvalue weighted by Gasteiger charge is -2.24. The molecule has 0 amide bonds. The first kappa shape index (κ1) is 19.3. The van der Waals surface area contributed by atoms with Gasteiger partial charge in [0.05, 0.1) is 28.2 Å². The van der Waals surface area contributed by atoms with E-state index < -0.39 is 0 Å². The Kier molecular flexibility index (Phi) is 4.70. The summed E-state index contributed by atoms with van der Waals surface area (Å²) in [7, 11) is 0. The molecule has 1 aliphatic rings. The monoisotopic (exact) mass is 409 g/mol. The molecule has 2 aromatic carbocycles. The maximum atomic E-state index is 12.9. The standard InChI is InChI=1S/C25H23N5O/c1-14-9-10-20-19(11-14)15(2)26-24(28-20)30-25-27-16(3)23-21(29-25)12-18(13-22(23)31)17-7-5-4-6-8-17/h4-11,18H,12-13H2,1-3H3,(H,26,27,28,29,30). The van der Waals surface area contributed by atoms with Gasteiger partial charge in [0.25, 0.3) is 0 Å². The van der Waals surface area contributed by atoms with Crippen LogP contribution in [0.3, 0.4) is 0 Å². The van der Waals surface area contributed by atoms with E-state index in [2.05, 4.69) is 45.4 Å². The highest BCUT2D eigenvalue weighted by Gasteiger charge is 2.30. The van der Waals surface area contributed by atoms with Gasteiger partial charge in [0.1, 0.15) is 0 Å². The maximum Gasteiger partial charge on any atom is 0.230 e. The lowest BCUT2D eigenvalue weighted by Crippen LogP contribution is -2.23. The number of benzene rings is 2. The van der Waals surface area contributed by atoms with Crippen LogP contribution < -0.4 is 5.32 Å². The van der Waals surface area contributed by atoms with Crippen molar-refractivity contribution in [3.63, 3.8) is 0 Å². The minimum Gasteiger partial charge on any atom is -0.294 e. The first-order valence-electron chi connectivity index (χ1n) is 10.5. The fraction of sp³-hybridized carbons (Fsp3) is 0.240. The molecule has 31 heavy (non-hydrogen) atoms. The van der Waals surface area contributed by atoms with Crippen LogP contribution in [0.25, 0.3) is 10.9 Å². The molecule has 2 aromatic heterocycles. The van der Waals surface area contributed by atoms with Crippen molar-refractivity contribution >= 4 is 28.6 Å². The molecule has 0 spiro atoms. The van der Waals surface area contributed by atoms with Crippen LogP contribution in [0.5, 0.6) is 0 Å². The van der Waals surface area contributed by atoms with Crippen molar-refractivity contribution in [3.8, 4) is 0 Å². The molecule has 1 aliphatic carbocycles. The quantitative estimate of drug-likeness (QED) is 0.513. The van der Waals surface area contributed by atoms with Crippen LogP contribution in [-0.2, 0) is 6.42 Å². The van der Waals surface area contributed by atoms with Gasteiger partial charge in [-0.2, -0.15) is 0 Å². The molecular formula is C25H23N5O. The molecule has 2 heterocycles. The first-order chi connectivity index (χ1) is 15.0. The van der Waals surface area contributed by atoms with Crippen molar-refractivity contribution in [2.75, 3.05) is 5.32 Å². The molecule has 5 rings (SSSR count). The van der Waals surface area contributed by atoms with Crippen LogP contribution >= 0.6 is 0 Å². The summed E-state index contributed by atoms with van der Waals surface area (Å²) < 4.78 is 0. The number of nitrogens with one attached hydrogen (secondary N) is 1. The highest BCUT2D eigenvalue weighted by atomic mass is 16.1. The Labute approximate surface area is 180 Å². The van der Waals surface area contributed by atoms with Crippen LogP contribution in [-0.4, -0.2) is 25.7 Å². The van der Waals surface area contributed by atoms with E-state index in [4.69, 9.17) is 4.98 Å². The average molecular weight is 409 g/mol. The lowest BCUT2D eigenvalue weighted by molar-refractivity contribution is 0.0962. The third-order valence-electron chi connectivity index (χ3n) is 5.85. The van der Waals surface area contributed by atoms with Crippen LogP contribution in [0.4, 0.5) is 11.9 Å². The summed E-state index contributed by atoms with van der Waals surface area (Å²) >= 11 is 0. The zero-order valence-corrected chi connectivity index (χ0v) is 17.8. The zero-order valence-electron chi connectivity index (χ0n) is 17.8. The van der Waals surface area contributed by atoms with Gasteiger partial charge in [0, 0.05) is 11.8 Å². The van der Waals surface area contributed by atoms with Gasteiger partial charge < -0.3 is 0 Å². The van der Waals surface area contributed by atoms with Gasteiger partial charge in [-0.05, 0) is 50.8 Å². The molecule has 1 unspecified atom stereocenters. The molecule has 0 aliphatic heterocycles. The number of aryl methyl sites for hydroxylation is 3. The largest absolute Gasteiger partial charge is 0.294 e. The molecule has 6 heteroatoms.